The summed E-state index contributed by atoms with van der Waals surface area (Å²) in [7, 11) is 0. The van der Waals surface area contributed by atoms with Gasteiger partial charge in [0.15, 0.2) is 5.96 Å². The lowest BCUT2D eigenvalue weighted by Crippen LogP contribution is -2.38. The molecular formula is C17H28FIN4O. The quantitative estimate of drug-likeness (QED) is 0.324. The third kappa shape index (κ3) is 10.4. The number of aliphatic imine (C=N–C) groups is 1. The number of guanidine groups is 1. The maximum Gasteiger partial charge on any atom is 0.222 e. The number of hydrogen-bond acceptors (Lipinski definition) is 2. The Labute approximate surface area is 160 Å². The molecule has 0 saturated heterocycles. The summed E-state index contributed by atoms with van der Waals surface area (Å²) in [4.78, 5) is 15.9. The first-order valence-corrected chi connectivity index (χ1v) is 8.07. The number of halogens is 2. The largest absolute Gasteiger partial charge is 0.357 e. The zero-order valence-electron chi connectivity index (χ0n) is 14.6. The van der Waals surface area contributed by atoms with Crippen LogP contribution < -0.4 is 16.0 Å². The number of hydrogen-bond donors (Lipinski definition) is 3. The highest BCUT2D eigenvalue weighted by molar-refractivity contribution is 14.0. The third-order valence-electron chi connectivity index (χ3n) is 3.00. The van der Waals surface area contributed by atoms with Crippen LogP contribution in [0.5, 0.6) is 0 Å². The zero-order chi connectivity index (χ0) is 17.1. The van der Waals surface area contributed by atoms with E-state index in [-0.39, 0.29) is 41.7 Å². The highest BCUT2D eigenvalue weighted by Crippen LogP contribution is 2.03. The molecule has 0 heterocycles. The first-order valence-electron chi connectivity index (χ1n) is 8.07. The monoisotopic (exact) mass is 450 g/mol. The van der Waals surface area contributed by atoms with E-state index in [0.717, 1.165) is 12.1 Å². The number of benzene rings is 1. The van der Waals surface area contributed by atoms with Gasteiger partial charge >= 0.3 is 0 Å². The summed E-state index contributed by atoms with van der Waals surface area (Å²) in [5.41, 5.74) is 0.935. The van der Waals surface area contributed by atoms with Gasteiger partial charge in [0.2, 0.25) is 5.91 Å². The summed E-state index contributed by atoms with van der Waals surface area (Å²) in [6.45, 7) is 7.65. The van der Waals surface area contributed by atoms with Crippen molar-refractivity contribution in [3.05, 3.63) is 35.6 Å². The molecule has 1 aromatic carbocycles. The average Bonchev–Trinajstić information content (AvgIpc) is 2.46. The number of rotatable bonds is 8. The molecule has 7 heteroatoms. The highest BCUT2D eigenvalue weighted by Gasteiger charge is 2.03. The minimum absolute atomic E-state index is 0. The number of nitrogens with one attached hydrogen (secondary N) is 3. The molecule has 0 unspecified atom stereocenters. The summed E-state index contributed by atoms with van der Waals surface area (Å²) in [6, 6.07) is 6.71. The van der Waals surface area contributed by atoms with Crippen molar-refractivity contribution in [1.82, 2.24) is 16.0 Å². The molecule has 5 nitrogen and oxygen atoms in total. The van der Waals surface area contributed by atoms with Gasteiger partial charge in [-0.3, -0.25) is 9.79 Å². The van der Waals surface area contributed by atoms with Gasteiger partial charge in [-0.1, -0.05) is 12.1 Å². The van der Waals surface area contributed by atoms with E-state index in [1.165, 1.54) is 12.1 Å². The molecule has 0 aliphatic carbocycles. The van der Waals surface area contributed by atoms with Gasteiger partial charge in [0.05, 0.1) is 6.54 Å². The summed E-state index contributed by atoms with van der Waals surface area (Å²) in [6.07, 6.45) is 1.06. The number of carbonyl (C=O) groups is 1. The smallest absolute Gasteiger partial charge is 0.222 e. The van der Waals surface area contributed by atoms with E-state index in [9.17, 15) is 9.18 Å². The molecule has 0 saturated carbocycles. The standard InChI is InChI=1S/C17H27FN4O.HI/c1-4-19-17(21-11-9-16(23)22-13(2)3)20-10-8-14-6-5-7-15(18)12-14;/h5-7,12-13H,4,8-11H2,1-3H3,(H,22,23)(H2,19,20,21);1H. The van der Waals surface area contributed by atoms with Crippen LogP contribution in [0.25, 0.3) is 0 Å². The van der Waals surface area contributed by atoms with Crippen LogP contribution in [-0.2, 0) is 11.2 Å². The molecule has 0 aliphatic heterocycles. The van der Waals surface area contributed by atoms with Crippen molar-refractivity contribution in [3.8, 4) is 0 Å². The second kappa shape index (κ2) is 13.0. The second-order valence-electron chi connectivity index (χ2n) is 5.54. The molecule has 24 heavy (non-hydrogen) atoms. The molecule has 1 rings (SSSR count). The van der Waals surface area contributed by atoms with Gasteiger partial charge < -0.3 is 16.0 Å². The Kier molecular flexibility index (Phi) is 12.2. The third-order valence-corrected chi connectivity index (χ3v) is 3.00. The molecular weight excluding hydrogens is 422 g/mol. The molecule has 0 atom stereocenters. The number of amides is 1. The lowest BCUT2D eigenvalue weighted by atomic mass is 10.1. The fourth-order valence-electron chi connectivity index (χ4n) is 2.02. The molecule has 0 radical (unpaired) electrons. The predicted molar refractivity (Wildman–Crippen MR) is 107 cm³/mol. The van der Waals surface area contributed by atoms with Crippen molar-refractivity contribution in [3.63, 3.8) is 0 Å². The molecule has 3 N–H and O–H groups in total. The van der Waals surface area contributed by atoms with Gasteiger partial charge in [-0.25, -0.2) is 4.39 Å². The molecule has 1 amide bonds. The summed E-state index contributed by atoms with van der Waals surface area (Å²) in [5.74, 6) is 0.444. The van der Waals surface area contributed by atoms with E-state index in [2.05, 4.69) is 20.9 Å². The van der Waals surface area contributed by atoms with Crippen molar-refractivity contribution >= 4 is 35.8 Å². The van der Waals surface area contributed by atoms with Crippen LogP contribution in [0, 0.1) is 5.82 Å². The average molecular weight is 450 g/mol. The first kappa shape index (κ1) is 22.6. The Morgan fingerprint density at radius 1 is 1.29 bits per heavy atom. The SMILES string of the molecule is CCNC(=NCCC(=O)NC(C)C)NCCc1cccc(F)c1.I. The first-order chi connectivity index (χ1) is 11.0. The molecule has 0 aromatic heterocycles. The Bertz CT molecular complexity index is 523. The molecule has 1 aromatic rings. The Morgan fingerprint density at radius 2 is 2.04 bits per heavy atom. The lowest BCUT2D eigenvalue weighted by molar-refractivity contribution is -0.121. The maximum atomic E-state index is 13.1. The second-order valence-corrected chi connectivity index (χ2v) is 5.54. The predicted octanol–water partition coefficient (Wildman–Crippen LogP) is 2.46. The summed E-state index contributed by atoms with van der Waals surface area (Å²) < 4.78 is 13.1. The van der Waals surface area contributed by atoms with Crippen LogP contribution in [0.15, 0.2) is 29.3 Å². The Hall–Kier alpha value is -1.38. The van der Waals surface area contributed by atoms with Crippen LogP contribution in [-0.4, -0.2) is 37.5 Å². The number of nitrogens with zero attached hydrogens (tertiary/aromatic N) is 1. The van der Waals surface area contributed by atoms with Crippen molar-refractivity contribution < 1.29 is 9.18 Å². The van der Waals surface area contributed by atoms with Crippen molar-refractivity contribution in [2.75, 3.05) is 19.6 Å². The fraction of sp³-hybridized carbons (Fsp3) is 0.529. The summed E-state index contributed by atoms with van der Waals surface area (Å²) in [5, 5.41) is 9.15. The minimum Gasteiger partial charge on any atom is -0.357 e. The van der Waals surface area contributed by atoms with Crippen LogP contribution in [0.1, 0.15) is 32.8 Å². The normalized spacial score (nSPS) is 11.0. The van der Waals surface area contributed by atoms with Crippen molar-refractivity contribution in [1.29, 1.82) is 0 Å². The van der Waals surface area contributed by atoms with Gasteiger partial charge in [0, 0.05) is 25.6 Å². The van der Waals surface area contributed by atoms with Crippen LogP contribution in [0.4, 0.5) is 4.39 Å². The number of carbonyl (C=O) groups excluding carboxylic acids is 1. The Morgan fingerprint density at radius 3 is 2.67 bits per heavy atom. The topological polar surface area (TPSA) is 65.5 Å². The highest BCUT2D eigenvalue weighted by atomic mass is 127. The van der Waals surface area contributed by atoms with Gasteiger partial charge in [-0.15, -0.1) is 24.0 Å². The van der Waals surface area contributed by atoms with E-state index in [0.29, 0.717) is 31.9 Å². The molecule has 0 fully saturated rings. The fourth-order valence-corrected chi connectivity index (χ4v) is 2.02. The van der Waals surface area contributed by atoms with E-state index in [1.807, 2.05) is 26.8 Å². The van der Waals surface area contributed by atoms with Crippen LogP contribution in [0.3, 0.4) is 0 Å². The van der Waals surface area contributed by atoms with E-state index >= 15 is 0 Å². The molecule has 0 bridgehead atoms. The van der Waals surface area contributed by atoms with E-state index < -0.39 is 0 Å². The van der Waals surface area contributed by atoms with Crippen molar-refractivity contribution in [2.45, 2.75) is 39.7 Å². The Balaban J connectivity index is 0.00000529. The van der Waals surface area contributed by atoms with Gasteiger partial charge in [-0.05, 0) is 44.9 Å². The molecule has 0 spiro atoms. The van der Waals surface area contributed by atoms with Gasteiger partial charge in [-0.2, -0.15) is 0 Å². The lowest BCUT2D eigenvalue weighted by Gasteiger charge is -2.12. The molecule has 0 aliphatic rings. The van der Waals surface area contributed by atoms with E-state index in [1.54, 1.807) is 6.07 Å². The van der Waals surface area contributed by atoms with Gasteiger partial charge in [0.1, 0.15) is 5.82 Å². The van der Waals surface area contributed by atoms with E-state index in [4.69, 9.17) is 0 Å². The van der Waals surface area contributed by atoms with Crippen LogP contribution in [0.2, 0.25) is 0 Å². The molecule has 136 valence electrons. The van der Waals surface area contributed by atoms with Crippen LogP contribution >= 0.6 is 24.0 Å². The maximum absolute atomic E-state index is 13.1. The van der Waals surface area contributed by atoms with Crippen molar-refractivity contribution in [2.24, 2.45) is 4.99 Å². The minimum atomic E-state index is -0.223. The zero-order valence-corrected chi connectivity index (χ0v) is 16.9. The van der Waals surface area contributed by atoms with Gasteiger partial charge in [0.25, 0.3) is 0 Å². The summed E-state index contributed by atoms with van der Waals surface area (Å²) >= 11 is 0.